The van der Waals surface area contributed by atoms with Gasteiger partial charge in [0.05, 0.1) is 28.1 Å². The highest BCUT2D eigenvalue weighted by atomic mass is 79.9. The molecular weight excluding hydrogens is 292 g/mol. The van der Waals surface area contributed by atoms with Crippen molar-refractivity contribution >= 4 is 15.9 Å². The zero-order chi connectivity index (χ0) is 13.0. The molecule has 0 aliphatic rings. The molecule has 0 fully saturated rings. The predicted molar refractivity (Wildman–Crippen MR) is 75.4 cm³/mol. The van der Waals surface area contributed by atoms with Crippen LogP contribution < -0.4 is 5.32 Å². The Morgan fingerprint density at radius 1 is 1.44 bits per heavy atom. The number of hydrogen-bond donors (Lipinski definition) is 1. The number of nitrogens with one attached hydrogen (secondary N) is 1. The largest absolute Gasteiger partial charge is 0.307 e. The maximum absolute atomic E-state index is 4.42. The van der Waals surface area contributed by atoms with Crippen molar-refractivity contribution in [2.45, 2.75) is 25.9 Å². The van der Waals surface area contributed by atoms with E-state index in [1.165, 1.54) is 0 Å². The van der Waals surface area contributed by atoms with E-state index in [1.807, 2.05) is 42.3 Å². The Morgan fingerprint density at radius 3 is 2.89 bits per heavy atom. The number of rotatable bonds is 5. The second-order valence-corrected chi connectivity index (χ2v) is 4.93. The Balaban J connectivity index is 2.41. The lowest BCUT2D eigenvalue weighted by molar-refractivity contribution is 0.528. The van der Waals surface area contributed by atoms with E-state index in [0.717, 1.165) is 28.8 Å². The summed E-state index contributed by atoms with van der Waals surface area (Å²) in [5, 5.41) is 7.71. The molecular formula is C13H17BrN4. The van der Waals surface area contributed by atoms with Gasteiger partial charge in [0.15, 0.2) is 0 Å². The zero-order valence-corrected chi connectivity index (χ0v) is 12.2. The molecule has 0 aromatic carbocycles. The van der Waals surface area contributed by atoms with E-state index in [2.05, 4.69) is 38.3 Å². The molecule has 4 nitrogen and oxygen atoms in total. The maximum Gasteiger partial charge on any atom is 0.0931 e. The van der Waals surface area contributed by atoms with E-state index in [1.54, 1.807) is 0 Å². The third-order valence-electron chi connectivity index (χ3n) is 2.81. The quantitative estimate of drug-likeness (QED) is 0.923. The second kappa shape index (κ2) is 6.11. The molecule has 0 bridgehead atoms. The van der Waals surface area contributed by atoms with Crippen molar-refractivity contribution < 1.29 is 0 Å². The van der Waals surface area contributed by atoms with Crippen LogP contribution >= 0.6 is 15.9 Å². The topological polar surface area (TPSA) is 42.7 Å². The molecule has 96 valence electrons. The number of aromatic nitrogens is 3. The molecule has 0 amide bonds. The van der Waals surface area contributed by atoms with E-state index >= 15 is 0 Å². The maximum atomic E-state index is 4.42. The highest BCUT2D eigenvalue weighted by molar-refractivity contribution is 9.10. The average molecular weight is 309 g/mol. The van der Waals surface area contributed by atoms with Crippen LogP contribution in [0.3, 0.4) is 0 Å². The van der Waals surface area contributed by atoms with Crippen molar-refractivity contribution in [3.8, 4) is 0 Å². The normalized spacial score (nSPS) is 12.6. The Morgan fingerprint density at radius 2 is 2.28 bits per heavy atom. The Labute approximate surface area is 116 Å². The third-order valence-corrected chi connectivity index (χ3v) is 3.43. The minimum absolute atomic E-state index is 0.0506. The Bertz CT molecular complexity index is 495. The fourth-order valence-electron chi connectivity index (χ4n) is 2.02. The summed E-state index contributed by atoms with van der Waals surface area (Å²) in [4.78, 5) is 4.42. The SMILES string of the molecule is CCCn1ncc(Br)c1C(NC)c1ccccn1. The second-order valence-electron chi connectivity index (χ2n) is 4.08. The summed E-state index contributed by atoms with van der Waals surface area (Å²) >= 11 is 3.57. The summed E-state index contributed by atoms with van der Waals surface area (Å²) < 4.78 is 3.04. The van der Waals surface area contributed by atoms with Crippen molar-refractivity contribution in [3.05, 3.63) is 46.5 Å². The van der Waals surface area contributed by atoms with Crippen LogP contribution in [-0.2, 0) is 6.54 Å². The molecule has 0 aliphatic carbocycles. The van der Waals surface area contributed by atoms with E-state index in [9.17, 15) is 0 Å². The number of aryl methyl sites for hydroxylation is 1. The van der Waals surface area contributed by atoms with Crippen LogP contribution in [0.2, 0.25) is 0 Å². The minimum Gasteiger partial charge on any atom is -0.307 e. The van der Waals surface area contributed by atoms with Gasteiger partial charge in [-0.2, -0.15) is 5.10 Å². The molecule has 1 N–H and O–H groups in total. The van der Waals surface area contributed by atoms with Crippen LogP contribution in [0.1, 0.15) is 30.8 Å². The minimum atomic E-state index is 0.0506. The van der Waals surface area contributed by atoms with Gasteiger partial charge in [0, 0.05) is 12.7 Å². The third kappa shape index (κ3) is 2.62. The number of nitrogens with zero attached hydrogens (tertiary/aromatic N) is 3. The fraction of sp³-hybridized carbons (Fsp3) is 0.385. The van der Waals surface area contributed by atoms with Crippen LogP contribution in [0.4, 0.5) is 0 Å². The highest BCUT2D eigenvalue weighted by Gasteiger charge is 2.20. The summed E-state index contributed by atoms with van der Waals surface area (Å²) in [6, 6.07) is 6.00. The average Bonchev–Trinajstić information content (AvgIpc) is 2.75. The molecule has 0 spiro atoms. The van der Waals surface area contributed by atoms with Gasteiger partial charge in [-0.1, -0.05) is 13.0 Å². The molecule has 2 rings (SSSR count). The molecule has 2 heterocycles. The van der Waals surface area contributed by atoms with E-state index < -0.39 is 0 Å². The molecule has 18 heavy (non-hydrogen) atoms. The van der Waals surface area contributed by atoms with Crippen molar-refractivity contribution in [3.63, 3.8) is 0 Å². The standard InChI is InChI=1S/C13H17BrN4/c1-3-8-18-13(10(14)9-17-18)12(15-2)11-6-4-5-7-16-11/h4-7,9,12,15H,3,8H2,1-2H3. The number of hydrogen-bond acceptors (Lipinski definition) is 3. The summed E-state index contributed by atoms with van der Waals surface area (Å²) in [6.45, 7) is 3.06. The first-order chi connectivity index (χ1) is 8.77. The monoisotopic (exact) mass is 308 g/mol. The molecule has 0 radical (unpaired) electrons. The first-order valence-corrected chi connectivity index (χ1v) is 6.86. The molecule has 0 aliphatic heterocycles. The fourth-order valence-corrected chi connectivity index (χ4v) is 2.55. The zero-order valence-electron chi connectivity index (χ0n) is 10.6. The van der Waals surface area contributed by atoms with E-state index in [0.29, 0.717) is 0 Å². The van der Waals surface area contributed by atoms with Crippen molar-refractivity contribution in [1.82, 2.24) is 20.1 Å². The molecule has 1 atom stereocenters. The van der Waals surface area contributed by atoms with Gasteiger partial charge in [-0.25, -0.2) is 0 Å². The lowest BCUT2D eigenvalue weighted by atomic mass is 10.1. The van der Waals surface area contributed by atoms with Gasteiger partial charge in [-0.3, -0.25) is 9.67 Å². The molecule has 2 aromatic rings. The Kier molecular flexibility index (Phi) is 4.49. The highest BCUT2D eigenvalue weighted by Crippen LogP contribution is 2.27. The van der Waals surface area contributed by atoms with Crippen LogP contribution in [0.25, 0.3) is 0 Å². The van der Waals surface area contributed by atoms with Crippen molar-refractivity contribution in [1.29, 1.82) is 0 Å². The lowest BCUT2D eigenvalue weighted by Gasteiger charge is -2.18. The van der Waals surface area contributed by atoms with Gasteiger partial charge in [0.1, 0.15) is 0 Å². The van der Waals surface area contributed by atoms with Crippen molar-refractivity contribution in [2.24, 2.45) is 0 Å². The van der Waals surface area contributed by atoms with Crippen LogP contribution in [0.15, 0.2) is 35.1 Å². The number of halogens is 1. The first-order valence-electron chi connectivity index (χ1n) is 6.07. The lowest BCUT2D eigenvalue weighted by Crippen LogP contribution is -2.23. The van der Waals surface area contributed by atoms with Crippen molar-refractivity contribution in [2.75, 3.05) is 7.05 Å². The predicted octanol–water partition coefficient (Wildman–Crippen LogP) is 2.76. The van der Waals surface area contributed by atoms with Gasteiger partial charge in [-0.15, -0.1) is 0 Å². The van der Waals surface area contributed by atoms with Gasteiger partial charge in [0.25, 0.3) is 0 Å². The van der Waals surface area contributed by atoms with Gasteiger partial charge in [-0.05, 0) is 41.5 Å². The summed E-state index contributed by atoms with van der Waals surface area (Å²) in [7, 11) is 1.94. The molecule has 2 aromatic heterocycles. The van der Waals surface area contributed by atoms with Crippen LogP contribution in [0, 0.1) is 0 Å². The molecule has 5 heteroatoms. The number of pyridine rings is 1. The first kappa shape index (κ1) is 13.2. The van der Waals surface area contributed by atoms with Gasteiger partial charge < -0.3 is 5.32 Å². The van der Waals surface area contributed by atoms with Crippen LogP contribution in [0.5, 0.6) is 0 Å². The summed E-state index contributed by atoms with van der Waals surface area (Å²) in [5.41, 5.74) is 2.12. The molecule has 0 saturated heterocycles. The van der Waals surface area contributed by atoms with E-state index in [-0.39, 0.29) is 6.04 Å². The molecule has 1 unspecified atom stereocenters. The summed E-state index contributed by atoms with van der Waals surface area (Å²) in [5.74, 6) is 0. The van der Waals surface area contributed by atoms with Gasteiger partial charge >= 0.3 is 0 Å². The van der Waals surface area contributed by atoms with E-state index in [4.69, 9.17) is 0 Å². The smallest absolute Gasteiger partial charge is 0.0931 e. The summed E-state index contributed by atoms with van der Waals surface area (Å²) in [6.07, 6.45) is 4.71. The van der Waals surface area contributed by atoms with Gasteiger partial charge in [0.2, 0.25) is 0 Å². The molecule has 0 saturated carbocycles. The van der Waals surface area contributed by atoms with Crippen LogP contribution in [-0.4, -0.2) is 21.8 Å². The Hall–Kier alpha value is -1.20.